The van der Waals surface area contributed by atoms with E-state index in [0.717, 1.165) is 4.88 Å². The van der Waals surface area contributed by atoms with Gasteiger partial charge >= 0.3 is 0 Å². The maximum atomic E-state index is 12.4. The summed E-state index contributed by atoms with van der Waals surface area (Å²) < 4.78 is 0.689. The summed E-state index contributed by atoms with van der Waals surface area (Å²) >= 11 is 4.68. The Balaban J connectivity index is 1.58. The maximum Gasteiger partial charge on any atom is 0.271 e. The number of carbonyl (C=O) groups excluding carboxylic acids is 2. The molecule has 0 saturated carbocycles. The molecule has 3 rings (SSSR count). The van der Waals surface area contributed by atoms with Gasteiger partial charge in [0.25, 0.3) is 11.5 Å². The van der Waals surface area contributed by atoms with Gasteiger partial charge < -0.3 is 15.2 Å². The second-order valence-corrected chi connectivity index (χ2v) is 7.46. The van der Waals surface area contributed by atoms with Crippen molar-refractivity contribution >= 4 is 44.8 Å². The Morgan fingerprint density at radius 2 is 2.08 bits per heavy atom. The molecule has 8 heteroatoms. The fourth-order valence-corrected chi connectivity index (χ4v) is 3.72. The number of rotatable bonds is 3. The molecule has 0 radical (unpaired) electrons. The highest BCUT2D eigenvalue weighted by molar-refractivity contribution is 9.10. The number of pyridine rings is 1. The van der Waals surface area contributed by atoms with Crippen molar-refractivity contribution in [3.05, 3.63) is 49.5 Å². The molecule has 6 nitrogen and oxygen atoms in total. The van der Waals surface area contributed by atoms with Crippen molar-refractivity contribution in [2.75, 3.05) is 18.4 Å². The molecule has 2 N–H and O–H groups in total. The van der Waals surface area contributed by atoms with Crippen molar-refractivity contribution in [2.45, 2.75) is 12.8 Å². The van der Waals surface area contributed by atoms with Gasteiger partial charge in [-0.3, -0.25) is 14.4 Å². The first-order valence-electron chi connectivity index (χ1n) is 7.56. The fraction of sp³-hybridized carbons (Fsp3) is 0.312. The average Bonchev–Trinajstić information content (AvgIpc) is 3.12. The largest absolute Gasteiger partial charge is 0.338 e. The van der Waals surface area contributed by atoms with Crippen LogP contribution in [0.2, 0.25) is 0 Å². The minimum Gasteiger partial charge on any atom is -0.338 e. The Morgan fingerprint density at radius 1 is 1.33 bits per heavy atom. The van der Waals surface area contributed by atoms with Gasteiger partial charge in [-0.25, -0.2) is 0 Å². The van der Waals surface area contributed by atoms with Gasteiger partial charge in [0.1, 0.15) is 5.69 Å². The molecule has 0 spiro atoms. The fourth-order valence-electron chi connectivity index (χ4n) is 2.69. The van der Waals surface area contributed by atoms with Crippen molar-refractivity contribution in [1.82, 2.24) is 9.88 Å². The highest BCUT2D eigenvalue weighted by atomic mass is 79.9. The number of hydrogen-bond donors (Lipinski definition) is 2. The molecule has 1 aliphatic heterocycles. The van der Waals surface area contributed by atoms with E-state index in [-0.39, 0.29) is 29.0 Å². The van der Waals surface area contributed by atoms with Gasteiger partial charge in [0.05, 0.1) is 4.88 Å². The summed E-state index contributed by atoms with van der Waals surface area (Å²) in [5.74, 6) is -0.357. The van der Waals surface area contributed by atoms with Gasteiger partial charge in [-0.1, -0.05) is 6.07 Å². The van der Waals surface area contributed by atoms with Gasteiger partial charge in [-0.2, -0.15) is 0 Å². The molecule has 2 aromatic heterocycles. The SMILES string of the molecule is O=C(Nc1cc(Br)c[nH]c1=O)C1CCN(C(=O)c2cccs2)CC1. The summed E-state index contributed by atoms with van der Waals surface area (Å²) in [6.45, 7) is 1.09. The number of hydrogen-bond acceptors (Lipinski definition) is 4. The van der Waals surface area contributed by atoms with E-state index in [1.54, 1.807) is 11.0 Å². The number of aromatic nitrogens is 1. The first-order valence-corrected chi connectivity index (χ1v) is 9.24. The standard InChI is InChI=1S/C16H16BrN3O3S/c17-11-8-12(15(22)18-9-11)19-14(21)10-3-5-20(6-4-10)16(23)13-2-1-7-24-13/h1-2,7-10H,3-6H2,(H,18,22)(H,19,21). The third-order valence-electron chi connectivity index (χ3n) is 4.01. The molecule has 2 aromatic rings. The van der Waals surface area contributed by atoms with Crippen molar-refractivity contribution < 1.29 is 9.59 Å². The Hall–Kier alpha value is -1.93. The number of H-pyrrole nitrogens is 1. The number of anilines is 1. The summed E-state index contributed by atoms with van der Waals surface area (Å²) in [6.07, 6.45) is 2.70. The number of nitrogens with zero attached hydrogens (tertiary/aromatic N) is 1. The summed E-state index contributed by atoms with van der Waals surface area (Å²) in [5, 5.41) is 4.56. The van der Waals surface area contributed by atoms with E-state index < -0.39 is 0 Å². The molecule has 0 atom stereocenters. The van der Waals surface area contributed by atoms with Crippen molar-refractivity contribution in [2.24, 2.45) is 5.92 Å². The minimum absolute atomic E-state index is 0.0206. The molecule has 1 fully saturated rings. The molecule has 1 saturated heterocycles. The summed E-state index contributed by atoms with van der Waals surface area (Å²) in [6, 6.07) is 5.24. The number of amides is 2. The van der Waals surface area contributed by atoms with Crippen LogP contribution in [-0.4, -0.2) is 34.8 Å². The molecule has 0 bridgehead atoms. The normalized spacial score (nSPS) is 15.3. The van der Waals surface area contributed by atoms with Crippen molar-refractivity contribution in [1.29, 1.82) is 0 Å². The third kappa shape index (κ3) is 3.76. The average molecular weight is 410 g/mol. The van der Waals surface area contributed by atoms with Crippen LogP contribution in [-0.2, 0) is 4.79 Å². The lowest BCUT2D eigenvalue weighted by Gasteiger charge is -2.31. The number of nitrogens with one attached hydrogen (secondary N) is 2. The molecule has 1 aliphatic rings. The van der Waals surface area contributed by atoms with Gasteiger partial charge in [-0.15, -0.1) is 11.3 Å². The molecule has 2 amide bonds. The zero-order valence-corrected chi connectivity index (χ0v) is 15.2. The Kier molecular flexibility index (Phi) is 5.15. The molecule has 24 heavy (non-hydrogen) atoms. The van der Waals surface area contributed by atoms with E-state index in [1.807, 2.05) is 17.5 Å². The van der Waals surface area contributed by atoms with Gasteiger partial charge in [0.15, 0.2) is 0 Å². The Bertz CT molecular complexity index is 795. The zero-order valence-electron chi connectivity index (χ0n) is 12.8. The van der Waals surface area contributed by atoms with Crippen LogP contribution in [0.1, 0.15) is 22.5 Å². The molecular formula is C16H16BrN3O3S. The van der Waals surface area contributed by atoms with Crippen molar-refractivity contribution in [3.63, 3.8) is 0 Å². The highest BCUT2D eigenvalue weighted by Gasteiger charge is 2.28. The number of thiophene rings is 1. The lowest BCUT2D eigenvalue weighted by molar-refractivity contribution is -0.121. The maximum absolute atomic E-state index is 12.4. The lowest BCUT2D eigenvalue weighted by atomic mass is 9.95. The zero-order chi connectivity index (χ0) is 17.1. The molecular weight excluding hydrogens is 394 g/mol. The van der Waals surface area contributed by atoms with E-state index in [2.05, 4.69) is 26.2 Å². The van der Waals surface area contributed by atoms with Gasteiger partial charge in [0, 0.05) is 29.7 Å². The first-order chi connectivity index (χ1) is 11.5. The van der Waals surface area contributed by atoms with Crippen LogP contribution in [0.25, 0.3) is 0 Å². The van der Waals surface area contributed by atoms with Crippen LogP contribution in [0.15, 0.2) is 39.0 Å². The first kappa shape index (κ1) is 16.9. The molecule has 3 heterocycles. The van der Waals surface area contributed by atoms with E-state index in [1.165, 1.54) is 17.5 Å². The molecule has 0 aromatic carbocycles. The second-order valence-electron chi connectivity index (χ2n) is 5.59. The van der Waals surface area contributed by atoms with Crippen LogP contribution >= 0.6 is 27.3 Å². The third-order valence-corrected chi connectivity index (χ3v) is 5.33. The van der Waals surface area contributed by atoms with E-state index in [0.29, 0.717) is 30.4 Å². The highest BCUT2D eigenvalue weighted by Crippen LogP contribution is 2.22. The molecule has 0 aliphatic carbocycles. The van der Waals surface area contributed by atoms with Crippen LogP contribution in [0.4, 0.5) is 5.69 Å². The topological polar surface area (TPSA) is 82.3 Å². The Labute approximate surface area is 151 Å². The van der Waals surface area contributed by atoms with Gasteiger partial charge in [0.2, 0.25) is 5.91 Å². The number of halogens is 1. The smallest absolute Gasteiger partial charge is 0.271 e. The van der Waals surface area contributed by atoms with Crippen LogP contribution in [0, 0.1) is 5.92 Å². The van der Waals surface area contributed by atoms with E-state index in [9.17, 15) is 14.4 Å². The number of aromatic amines is 1. The monoisotopic (exact) mass is 409 g/mol. The van der Waals surface area contributed by atoms with Crippen molar-refractivity contribution in [3.8, 4) is 0 Å². The minimum atomic E-state index is -0.336. The van der Waals surface area contributed by atoms with Crippen LogP contribution in [0.5, 0.6) is 0 Å². The van der Waals surface area contributed by atoms with Gasteiger partial charge in [-0.05, 0) is 46.3 Å². The summed E-state index contributed by atoms with van der Waals surface area (Å²) in [7, 11) is 0. The van der Waals surface area contributed by atoms with E-state index >= 15 is 0 Å². The number of carbonyl (C=O) groups is 2. The van der Waals surface area contributed by atoms with Crippen LogP contribution < -0.4 is 10.9 Å². The molecule has 126 valence electrons. The lowest BCUT2D eigenvalue weighted by Crippen LogP contribution is -2.41. The molecule has 0 unspecified atom stereocenters. The Morgan fingerprint density at radius 3 is 2.75 bits per heavy atom. The van der Waals surface area contributed by atoms with Crippen LogP contribution in [0.3, 0.4) is 0 Å². The predicted molar refractivity (Wildman–Crippen MR) is 96.3 cm³/mol. The second kappa shape index (κ2) is 7.31. The summed E-state index contributed by atoms with van der Waals surface area (Å²) in [5.41, 5.74) is -0.108. The van der Waals surface area contributed by atoms with E-state index in [4.69, 9.17) is 0 Å². The predicted octanol–water partition coefficient (Wildman–Crippen LogP) is 2.69. The quantitative estimate of drug-likeness (QED) is 0.817. The number of piperidine rings is 1. The summed E-state index contributed by atoms with van der Waals surface area (Å²) in [4.78, 5) is 41.4. The number of likely N-dealkylation sites (tertiary alicyclic amines) is 1.